The average Bonchev–Trinajstić information content (AvgIpc) is 3.09. The molecule has 1 aliphatic rings. The summed E-state index contributed by atoms with van der Waals surface area (Å²) in [5.41, 5.74) is -1.11. The molecule has 1 saturated heterocycles. The highest BCUT2D eigenvalue weighted by Gasteiger charge is 2.47. The molecule has 1 amide bonds. The van der Waals surface area contributed by atoms with Crippen molar-refractivity contribution in [3.8, 4) is 5.75 Å². The topological polar surface area (TPSA) is 66.8 Å². The van der Waals surface area contributed by atoms with Crippen molar-refractivity contribution in [1.29, 1.82) is 0 Å². The third kappa shape index (κ3) is 4.82. The van der Waals surface area contributed by atoms with Gasteiger partial charge in [-0.3, -0.25) is 14.5 Å². The smallest absolute Gasteiger partial charge is 0.416 e. The number of anilines is 1. The van der Waals surface area contributed by atoms with Crippen LogP contribution in [0.15, 0.2) is 78.4 Å². The summed E-state index contributed by atoms with van der Waals surface area (Å²) in [7, 11) is 0. The van der Waals surface area contributed by atoms with Gasteiger partial charge in [0.05, 0.1) is 23.3 Å². The number of alkyl halides is 3. The fourth-order valence-electron chi connectivity index (χ4n) is 4.01. The Morgan fingerprint density at radius 3 is 2.19 bits per heavy atom. The van der Waals surface area contributed by atoms with Gasteiger partial charge in [0.1, 0.15) is 17.3 Å². The van der Waals surface area contributed by atoms with Gasteiger partial charge in [-0.2, -0.15) is 13.2 Å². The Morgan fingerprint density at radius 1 is 0.972 bits per heavy atom. The van der Waals surface area contributed by atoms with Gasteiger partial charge in [-0.15, -0.1) is 0 Å². The molecule has 1 aliphatic heterocycles. The second-order valence-corrected chi connectivity index (χ2v) is 8.46. The molecule has 0 spiro atoms. The first-order chi connectivity index (χ1) is 17.0. The van der Waals surface area contributed by atoms with Gasteiger partial charge >= 0.3 is 6.18 Å². The molecular weight excluding hydrogens is 478 g/mol. The summed E-state index contributed by atoms with van der Waals surface area (Å²) in [5.74, 6) is -2.79. The number of hydrogen-bond acceptors (Lipinski definition) is 4. The van der Waals surface area contributed by atoms with E-state index in [4.69, 9.17) is 4.74 Å². The van der Waals surface area contributed by atoms with Gasteiger partial charge in [-0.25, -0.2) is 4.39 Å². The molecule has 4 rings (SSSR count). The molecule has 0 bridgehead atoms. The molecule has 1 N–H and O–H groups in total. The molecule has 1 atom stereocenters. The predicted molar refractivity (Wildman–Crippen MR) is 125 cm³/mol. The van der Waals surface area contributed by atoms with Crippen LogP contribution in [0.25, 0.3) is 5.76 Å². The van der Waals surface area contributed by atoms with E-state index in [0.717, 1.165) is 35.2 Å². The van der Waals surface area contributed by atoms with Crippen molar-refractivity contribution in [2.45, 2.75) is 32.2 Å². The summed E-state index contributed by atoms with van der Waals surface area (Å²) in [4.78, 5) is 27.1. The Labute approximate surface area is 204 Å². The Hall–Kier alpha value is -4.14. The Bertz CT molecular complexity index is 1330. The number of amides is 1. The van der Waals surface area contributed by atoms with Crippen molar-refractivity contribution in [3.63, 3.8) is 0 Å². The van der Waals surface area contributed by atoms with Crippen LogP contribution in [-0.4, -0.2) is 22.9 Å². The molecule has 0 saturated carbocycles. The zero-order valence-electron chi connectivity index (χ0n) is 19.2. The predicted octanol–water partition coefficient (Wildman–Crippen LogP) is 6.26. The van der Waals surface area contributed by atoms with Crippen LogP contribution >= 0.6 is 0 Å². The highest BCUT2D eigenvalue weighted by molar-refractivity contribution is 6.51. The van der Waals surface area contributed by atoms with Crippen LogP contribution < -0.4 is 9.64 Å². The normalized spacial score (nSPS) is 17.6. The summed E-state index contributed by atoms with van der Waals surface area (Å²) in [6.45, 7) is 3.68. The van der Waals surface area contributed by atoms with E-state index in [2.05, 4.69) is 0 Å². The largest absolute Gasteiger partial charge is 0.507 e. The van der Waals surface area contributed by atoms with Crippen LogP contribution in [0.1, 0.15) is 36.6 Å². The quantitative estimate of drug-likeness (QED) is 0.195. The van der Waals surface area contributed by atoms with Gasteiger partial charge in [0.15, 0.2) is 0 Å². The van der Waals surface area contributed by atoms with Crippen LogP contribution in [0.4, 0.5) is 23.2 Å². The van der Waals surface area contributed by atoms with Gasteiger partial charge in [0.2, 0.25) is 0 Å². The molecule has 3 aromatic carbocycles. The van der Waals surface area contributed by atoms with Crippen LogP contribution in [0.2, 0.25) is 0 Å². The van der Waals surface area contributed by atoms with Gasteiger partial charge in [0.25, 0.3) is 11.7 Å². The Morgan fingerprint density at radius 2 is 1.61 bits per heavy atom. The highest BCUT2D eigenvalue weighted by Crippen LogP contribution is 2.43. The number of nitrogens with zero attached hydrogens (tertiary/aromatic N) is 1. The van der Waals surface area contributed by atoms with Crippen LogP contribution in [-0.2, 0) is 15.8 Å². The number of Topliss-reactive ketones (excluding diaryl/α,β-unsaturated/α-hetero) is 1. The second kappa shape index (κ2) is 9.49. The summed E-state index contributed by atoms with van der Waals surface area (Å²) >= 11 is 0. The van der Waals surface area contributed by atoms with E-state index in [0.29, 0.717) is 5.75 Å². The monoisotopic (exact) mass is 499 g/mol. The fraction of sp³-hybridized carbons (Fsp3) is 0.185. The standard InChI is InChI=1S/C27H21F4NO4/c1-15(2)36-21-12-8-17(9-13-21)24(33)22-23(16-6-10-19(28)11-7-16)32(26(35)25(22)34)20-5-3-4-18(14-20)27(29,30)31/h3-15,23,33H,1-2H3/b24-22+. The first-order valence-corrected chi connectivity index (χ1v) is 11.0. The average molecular weight is 499 g/mol. The van der Waals surface area contributed by atoms with E-state index in [1.165, 1.54) is 30.3 Å². The first kappa shape index (κ1) is 25.0. The fourth-order valence-corrected chi connectivity index (χ4v) is 4.01. The lowest BCUT2D eigenvalue weighted by Crippen LogP contribution is -2.29. The lowest BCUT2D eigenvalue weighted by Gasteiger charge is -2.26. The van der Waals surface area contributed by atoms with Crippen molar-refractivity contribution in [2.24, 2.45) is 0 Å². The molecule has 1 heterocycles. The molecule has 9 heteroatoms. The van der Waals surface area contributed by atoms with Crippen LogP contribution in [0, 0.1) is 5.82 Å². The number of ether oxygens (including phenoxy) is 1. The number of aliphatic hydroxyl groups excluding tert-OH is 1. The maximum absolute atomic E-state index is 13.6. The molecule has 3 aromatic rings. The van der Waals surface area contributed by atoms with Crippen molar-refractivity contribution in [1.82, 2.24) is 0 Å². The number of benzene rings is 3. The third-order valence-corrected chi connectivity index (χ3v) is 5.58. The molecule has 0 aliphatic carbocycles. The van der Waals surface area contributed by atoms with E-state index in [1.807, 2.05) is 13.8 Å². The molecule has 36 heavy (non-hydrogen) atoms. The molecular formula is C27H21F4NO4. The van der Waals surface area contributed by atoms with Crippen LogP contribution in [0.3, 0.4) is 0 Å². The number of aliphatic hydroxyl groups is 1. The molecule has 186 valence electrons. The molecule has 0 aromatic heterocycles. The molecule has 0 radical (unpaired) electrons. The van der Waals surface area contributed by atoms with Crippen molar-refractivity contribution in [3.05, 3.63) is 101 Å². The minimum atomic E-state index is -4.69. The van der Waals surface area contributed by atoms with Crippen LogP contribution in [0.5, 0.6) is 5.75 Å². The zero-order valence-corrected chi connectivity index (χ0v) is 19.2. The van der Waals surface area contributed by atoms with Gasteiger partial charge in [-0.05, 0) is 74.0 Å². The lowest BCUT2D eigenvalue weighted by molar-refractivity contribution is -0.137. The number of hydrogen-bond donors (Lipinski definition) is 1. The Kier molecular flexibility index (Phi) is 6.58. The SMILES string of the molecule is CC(C)Oc1ccc(/C(O)=C2\C(=O)C(=O)N(c3cccc(C(F)(F)F)c3)C2c2ccc(F)cc2)cc1. The third-order valence-electron chi connectivity index (χ3n) is 5.58. The number of carbonyl (C=O) groups is 2. The maximum atomic E-state index is 13.6. The van der Waals surface area contributed by atoms with Gasteiger partial charge in [0, 0.05) is 11.3 Å². The maximum Gasteiger partial charge on any atom is 0.416 e. The first-order valence-electron chi connectivity index (χ1n) is 11.0. The Balaban J connectivity index is 1.88. The minimum Gasteiger partial charge on any atom is -0.507 e. The summed E-state index contributed by atoms with van der Waals surface area (Å²) in [6.07, 6.45) is -4.78. The summed E-state index contributed by atoms with van der Waals surface area (Å²) in [5, 5.41) is 11.1. The van der Waals surface area contributed by atoms with Crippen molar-refractivity contribution >= 4 is 23.1 Å². The number of halogens is 4. The highest BCUT2D eigenvalue weighted by atomic mass is 19.4. The molecule has 1 unspecified atom stereocenters. The van der Waals surface area contributed by atoms with E-state index in [1.54, 1.807) is 12.1 Å². The van der Waals surface area contributed by atoms with E-state index >= 15 is 0 Å². The summed E-state index contributed by atoms with van der Waals surface area (Å²) < 4.78 is 59.3. The van der Waals surface area contributed by atoms with E-state index in [-0.39, 0.29) is 28.5 Å². The van der Waals surface area contributed by atoms with E-state index in [9.17, 15) is 32.3 Å². The van der Waals surface area contributed by atoms with Crippen molar-refractivity contribution < 1.29 is 37.0 Å². The lowest BCUT2D eigenvalue weighted by atomic mass is 9.95. The summed E-state index contributed by atoms with van der Waals surface area (Å²) in [6, 6.07) is 13.6. The number of carbonyl (C=O) groups excluding carboxylic acids is 2. The zero-order chi connectivity index (χ0) is 26.2. The minimum absolute atomic E-state index is 0.0966. The van der Waals surface area contributed by atoms with E-state index < -0.39 is 41.0 Å². The van der Waals surface area contributed by atoms with Crippen molar-refractivity contribution in [2.75, 3.05) is 4.90 Å². The molecule has 1 fully saturated rings. The van der Waals surface area contributed by atoms with Gasteiger partial charge < -0.3 is 9.84 Å². The second-order valence-electron chi connectivity index (χ2n) is 8.46. The van der Waals surface area contributed by atoms with Gasteiger partial charge in [-0.1, -0.05) is 18.2 Å². The molecule has 5 nitrogen and oxygen atoms in total. The number of ketones is 1. The number of rotatable bonds is 5.